The number of nitrogens with zero attached hydrogens (tertiary/aromatic N) is 2. The molecule has 1 N–H and O–H groups in total. The van der Waals surface area contributed by atoms with Crippen LogP contribution >= 0.6 is 0 Å². The fourth-order valence-corrected chi connectivity index (χ4v) is 4.31. The predicted molar refractivity (Wildman–Crippen MR) is 91.0 cm³/mol. The van der Waals surface area contributed by atoms with Gasteiger partial charge < -0.3 is 10.0 Å². The third-order valence-electron chi connectivity index (χ3n) is 4.02. The molecule has 1 saturated heterocycles. The van der Waals surface area contributed by atoms with Crippen molar-refractivity contribution in [3.8, 4) is 5.75 Å². The Kier molecular flexibility index (Phi) is 4.54. The molecule has 0 aliphatic carbocycles. The fraction of sp³-hybridized carbons (Fsp3) is 0.294. The molecule has 0 radical (unpaired) electrons. The molecule has 1 fully saturated rings. The van der Waals surface area contributed by atoms with Crippen molar-refractivity contribution in [2.24, 2.45) is 0 Å². The van der Waals surface area contributed by atoms with Crippen molar-refractivity contribution < 1.29 is 13.5 Å². The first-order valence-electron chi connectivity index (χ1n) is 7.60. The van der Waals surface area contributed by atoms with Crippen LogP contribution in [0.25, 0.3) is 0 Å². The molecule has 0 aromatic heterocycles. The largest absolute Gasteiger partial charge is 0.508 e. The number of hydrogen-bond donors (Lipinski definition) is 1. The molecule has 0 amide bonds. The highest BCUT2D eigenvalue weighted by Gasteiger charge is 2.27. The smallest absolute Gasteiger partial charge is 0.218 e. The zero-order chi connectivity index (χ0) is 16.3. The molecule has 122 valence electrons. The van der Waals surface area contributed by atoms with Crippen molar-refractivity contribution in [1.29, 1.82) is 0 Å². The van der Waals surface area contributed by atoms with E-state index in [-0.39, 0.29) is 11.5 Å². The van der Waals surface area contributed by atoms with Crippen LogP contribution in [0.4, 0.5) is 5.69 Å². The van der Waals surface area contributed by atoms with Crippen LogP contribution in [-0.2, 0) is 15.8 Å². The second-order valence-corrected chi connectivity index (χ2v) is 7.62. The van der Waals surface area contributed by atoms with Gasteiger partial charge in [-0.3, -0.25) is 0 Å². The summed E-state index contributed by atoms with van der Waals surface area (Å²) in [6, 6.07) is 16.3. The van der Waals surface area contributed by atoms with Gasteiger partial charge in [0, 0.05) is 37.9 Å². The Balaban J connectivity index is 1.64. The summed E-state index contributed by atoms with van der Waals surface area (Å²) in [5.74, 6) is 0.265. The highest BCUT2D eigenvalue weighted by molar-refractivity contribution is 7.88. The van der Waals surface area contributed by atoms with Crippen molar-refractivity contribution in [3.05, 3.63) is 60.2 Å². The Bertz CT molecular complexity index is 754. The lowest BCUT2D eigenvalue weighted by atomic mass is 10.2. The van der Waals surface area contributed by atoms with Crippen molar-refractivity contribution in [2.75, 3.05) is 31.1 Å². The van der Waals surface area contributed by atoms with Crippen LogP contribution < -0.4 is 4.90 Å². The normalized spacial score (nSPS) is 16.4. The van der Waals surface area contributed by atoms with Gasteiger partial charge in [-0.05, 0) is 17.7 Å². The number of anilines is 1. The quantitative estimate of drug-likeness (QED) is 0.931. The van der Waals surface area contributed by atoms with Gasteiger partial charge in [0.05, 0.1) is 5.75 Å². The van der Waals surface area contributed by atoms with Gasteiger partial charge in [0.1, 0.15) is 5.75 Å². The van der Waals surface area contributed by atoms with Gasteiger partial charge >= 0.3 is 0 Å². The summed E-state index contributed by atoms with van der Waals surface area (Å²) >= 11 is 0. The number of piperazine rings is 1. The van der Waals surface area contributed by atoms with Crippen LogP contribution in [0.3, 0.4) is 0 Å². The number of benzene rings is 2. The first-order chi connectivity index (χ1) is 11.0. The van der Waals surface area contributed by atoms with Crippen LogP contribution in [0.1, 0.15) is 5.56 Å². The zero-order valence-corrected chi connectivity index (χ0v) is 13.6. The van der Waals surface area contributed by atoms with Gasteiger partial charge in [-0.15, -0.1) is 0 Å². The van der Waals surface area contributed by atoms with Gasteiger partial charge in [-0.1, -0.05) is 36.4 Å². The number of rotatable bonds is 4. The van der Waals surface area contributed by atoms with Crippen molar-refractivity contribution in [2.45, 2.75) is 5.75 Å². The molecule has 1 aliphatic heterocycles. The van der Waals surface area contributed by atoms with Gasteiger partial charge in [0.2, 0.25) is 10.0 Å². The van der Waals surface area contributed by atoms with Crippen molar-refractivity contribution in [1.82, 2.24) is 4.31 Å². The Hall–Kier alpha value is -2.05. The molecule has 2 aromatic carbocycles. The molecule has 2 aromatic rings. The summed E-state index contributed by atoms with van der Waals surface area (Å²) in [5, 5.41) is 9.56. The molecule has 6 heteroatoms. The summed E-state index contributed by atoms with van der Waals surface area (Å²) in [6.07, 6.45) is 0. The van der Waals surface area contributed by atoms with Gasteiger partial charge in [-0.25, -0.2) is 8.42 Å². The highest BCUT2D eigenvalue weighted by atomic mass is 32.2. The minimum Gasteiger partial charge on any atom is -0.508 e. The molecular formula is C17H20N2O3S. The summed E-state index contributed by atoms with van der Waals surface area (Å²) in [7, 11) is -3.29. The van der Waals surface area contributed by atoms with E-state index in [1.54, 1.807) is 22.5 Å². The molecule has 3 rings (SSSR count). The monoisotopic (exact) mass is 332 g/mol. The van der Waals surface area contributed by atoms with Crippen molar-refractivity contribution in [3.63, 3.8) is 0 Å². The van der Waals surface area contributed by atoms with E-state index in [1.807, 2.05) is 36.4 Å². The third-order valence-corrected chi connectivity index (χ3v) is 5.87. The minimum absolute atomic E-state index is 0.0416. The number of phenols is 1. The molecule has 1 heterocycles. The van der Waals surface area contributed by atoms with E-state index in [4.69, 9.17) is 0 Å². The highest BCUT2D eigenvalue weighted by Crippen LogP contribution is 2.22. The van der Waals surface area contributed by atoms with E-state index in [0.717, 1.165) is 11.3 Å². The molecule has 0 spiro atoms. The van der Waals surface area contributed by atoms with Crippen LogP contribution in [0, 0.1) is 0 Å². The number of hydrogen-bond acceptors (Lipinski definition) is 4. The van der Waals surface area contributed by atoms with Crippen LogP contribution in [-0.4, -0.2) is 44.0 Å². The number of aromatic hydroxyl groups is 1. The van der Waals surface area contributed by atoms with Gasteiger partial charge in [-0.2, -0.15) is 4.31 Å². The maximum Gasteiger partial charge on any atom is 0.218 e. The lowest BCUT2D eigenvalue weighted by molar-refractivity contribution is 0.384. The maximum absolute atomic E-state index is 12.5. The molecule has 0 saturated carbocycles. The summed E-state index contributed by atoms with van der Waals surface area (Å²) in [4.78, 5) is 2.09. The Morgan fingerprint density at radius 1 is 0.913 bits per heavy atom. The Labute approximate surface area is 136 Å². The third kappa shape index (κ3) is 3.83. The number of phenolic OH excluding ortho intramolecular Hbond substituents is 1. The van der Waals surface area contributed by atoms with E-state index in [0.29, 0.717) is 26.2 Å². The molecule has 5 nitrogen and oxygen atoms in total. The van der Waals surface area contributed by atoms with Gasteiger partial charge in [0.15, 0.2) is 0 Å². The van der Waals surface area contributed by atoms with E-state index in [2.05, 4.69) is 4.90 Å². The molecule has 0 unspecified atom stereocenters. The Morgan fingerprint density at radius 3 is 2.26 bits per heavy atom. The summed E-state index contributed by atoms with van der Waals surface area (Å²) in [5.41, 5.74) is 1.73. The second kappa shape index (κ2) is 6.60. The topological polar surface area (TPSA) is 60.9 Å². The average Bonchev–Trinajstić information content (AvgIpc) is 2.55. The standard InChI is InChI=1S/C17H20N2O3S/c20-17-8-4-7-16(13-17)18-9-11-19(12-10-18)23(21,22)14-15-5-2-1-3-6-15/h1-8,13,20H,9-12,14H2. The minimum atomic E-state index is -3.29. The van der Waals surface area contributed by atoms with Crippen LogP contribution in [0.15, 0.2) is 54.6 Å². The lowest BCUT2D eigenvalue weighted by Crippen LogP contribution is -2.49. The first kappa shape index (κ1) is 15.8. The molecule has 0 bridgehead atoms. The zero-order valence-electron chi connectivity index (χ0n) is 12.8. The number of sulfonamides is 1. The summed E-state index contributed by atoms with van der Waals surface area (Å²) in [6.45, 7) is 2.17. The molecule has 23 heavy (non-hydrogen) atoms. The molecule has 0 atom stereocenters. The van der Waals surface area contributed by atoms with Crippen LogP contribution in [0.5, 0.6) is 5.75 Å². The molecule has 1 aliphatic rings. The van der Waals surface area contributed by atoms with Gasteiger partial charge in [0.25, 0.3) is 0 Å². The van der Waals surface area contributed by atoms with E-state index >= 15 is 0 Å². The second-order valence-electron chi connectivity index (χ2n) is 5.65. The van der Waals surface area contributed by atoms with Crippen molar-refractivity contribution >= 4 is 15.7 Å². The van der Waals surface area contributed by atoms with E-state index < -0.39 is 10.0 Å². The maximum atomic E-state index is 12.5. The SMILES string of the molecule is O=S(=O)(Cc1ccccc1)N1CCN(c2cccc(O)c2)CC1. The summed E-state index contributed by atoms with van der Waals surface area (Å²) < 4.78 is 26.6. The lowest BCUT2D eigenvalue weighted by Gasteiger charge is -2.35. The Morgan fingerprint density at radius 2 is 1.61 bits per heavy atom. The first-order valence-corrected chi connectivity index (χ1v) is 9.21. The molecular weight excluding hydrogens is 312 g/mol. The van der Waals surface area contributed by atoms with E-state index in [1.165, 1.54) is 0 Å². The predicted octanol–water partition coefficient (Wildman–Crippen LogP) is 2.04. The average molecular weight is 332 g/mol. The fourth-order valence-electron chi connectivity index (χ4n) is 2.79. The van der Waals surface area contributed by atoms with E-state index in [9.17, 15) is 13.5 Å². The van der Waals surface area contributed by atoms with Crippen LogP contribution in [0.2, 0.25) is 0 Å².